The summed E-state index contributed by atoms with van der Waals surface area (Å²) in [5.74, 6) is 1.11. The van der Waals surface area contributed by atoms with Gasteiger partial charge in [0.2, 0.25) is 0 Å². The largest absolute Gasteiger partial charge is 0.435 e. The molecule has 170 valence electrons. The molecular weight excluding hydrogens is 409 g/mol. The minimum absolute atomic E-state index is 0.140. The summed E-state index contributed by atoms with van der Waals surface area (Å²) in [6.45, 7) is 7.25. The van der Waals surface area contributed by atoms with Gasteiger partial charge in [0.25, 0.3) is 5.91 Å². The van der Waals surface area contributed by atoms with Gasteiger partial charge in [0, 0.05) is 36.7 Å². The fourth-order valence-corrected chi connectivity index (χ4v) is 4.29. The maximum Gasteiger partial charge on any atom is 0.435 e. The van der Waals surface area contributed by atoms with Crippen LogP contribution in [0.15, 0.2) is 10.6 Å². The van der Waals surface area contributed by atoms with Crippen molar-refractivity contribution in [2.24, 2.45) is 11.3 Å². The topological polar surface area (TPSA) is 73.0 Å². The van der Waals surface area contributed by atoms with E-state index in [0.29, 0.717) is 36.8 Å². The maximum atomic E-state index is 13.0. The van der Waals surface area contributed by atoms with E-state index in [-0.39, 0.29) is 17.2 Å². The van der Waals surface area contributed by atoms with Crippen LogP contribution in [-0.2, 0) is 25.6 Å². The van der Waals surface area contributed by atoms with Crippen molar-refractivity contribution in [3.8, 4) is 0 Å². The van der Waals surface area contributed by atoms with Crippen LogP contribution in [0.4, 0.5) is 13.2 Å². The summed E-state index contributed by atoms with van der Waals surface area (Å²) in [6.07, 6.45) is 0.389. The molecule has 4 rings (SSSR count). The Morgan fingerprint density at radius 1 is 1.26 bits per heavy atom. The molecule has 1 fully saturated rings. The molecule has 1 N–H and O–H groups in total. The van der Waals surface area contributed by atoms with Crippen LogP contribution in [0, 0.1) is 11.3 Å². The first-order chi connectivity index (χ1) is 14.5. The molecule has 0 bridgehead atoms. The van der Waals surface area contributed by atoms with E-state index in [1.165, 1.54) is 4.68 Å². The number of carbonyl (C=O) groups excluding carboxylic acids is 1. The van der Waals surface area contributed by atoms with Gasteiger partial charge in [-0.05, 0) is 49.5 Å². The second-order valence-electron chi connectivity index (χ2n) is 9.80. The minimum atomic E-state index is -4.44. The monoisotopic (exact) mass is 438 g/mol. The summed E-state index contributed by atoms with van der Waals surface area (Å²) in [4.78, 5) is 12.7. The number of nitrogens with one attached hydrogen (secondary N) is 1. The highest BCUT2D eigenvalue weighted by Gasteiger charge is 2.38. The molecule has 2 aliphatic carbocycles. The number of hydrogen-bond donors (Lipinski definition) is 1. The molecule has 31 heavy (non-hydrogen) atoms. The smallest absolute Gasteiger partial charge is 0.360 e. The number of amides is 1. The number of aromatic nitrogens is 3. The van der Waals surface area contributed by atoms with E-state index in [4.69, 9.17) is 4.52 Å². The number of fused-ring (bicyclic) bond motifs is 1. The van der Waals surface area contributed by atoms with Gasteiger partial charge in [-0.15, -0.1) is 0 Å². The van der Waals surface area contributed by atoms with E-state index in [0.717, 1.165) is 49.5 Å². The van der Waals surface area contributed by atoms with Gasteiger partial charge in [-0.3, -0.25) is 9.48 Å². The molecule has 0 radical (unpaired) electrons. The van der Waals surface area contributed by atoms with E-state index in [1.54, 1.807) is 0 Å². The number of alkyl halides is 3. The van der Waals surface area contributed by atoms with Gasteiger partial charge in [0.05, 0.1) is 0 Å². The Kier molecular flexibility index (Phi) is 5.64. The molecule has 2 heterocycles. The lowest BCUT2D eigenvalue weighted by molar-refractivity contribution is -0.141. The number of carbonyl (C=O) groups is 1. The first kappa shape index (κ1) is 21.9. The molecule has 2 aromatic rings. The Bertz CT molecular complexity index is 951. The summed E-state index contributed by atoms with van der Waals surface area (Å²) in [5.41, 5.74) is 1.15. The first-order valence-electron chi connectivity index (χ1n) is 10.9. The lowest BCUT2D eigenvalue weighted by atomic mass is 9.71. The highest BCUT2D eigenvalue weighted by molar-refractivity contribution is 5.93. The van der Waals surface area contributed by atoms with Crippen LogP contribution in [-0.4, -0.2) is 27.4 Å². The van der Waals surface area contributed by atoms with Gasteiger partial charge in [-0.2, -0.15) is 18.3 Å². The third kappa shape index (κ3) is 4.80. The SMILES string of the molecule is CC(C)(C)C1CCc2onc(C(=O)NCCCn3nc(C(F)(F)F)cc3C3CC3)c2C1. The zero-order valence-electron chi connectivity index (χ0n) is 18.2. The lowest BCUT2D eigenvalue weighted by Crippen LogP contribution is -2.30. The summed E-state index contributed by atoms with van der Waals surface area (Å²) in [5, 5.41) is 10.6. The van der Waals surface area contributed by atoms with Crippen molar-refractivity contribution in [2.45, 2.75) is 77.9 Å². The third-order valence-electron chi connectivity index (χ3n) is 6.41. The fraction of sp³-hybridized carbons (Fsp3) is 0.682. The van der Waals surface area contributed by atoms with Crippen LogP contribution in [0.3, 0.4) is 0 Å². The molecule has 1 amide bonds. The van der Waals surface area contributed by atoms with Crippen molar-refractivity contribution < 1.29 is 22.5 Å². The minimum Gasteiger partial charge on any atom is -0.360 e. The Morgan fingerprint density at radius 2 is 2.00 bits per heavy atom. The molecule has 1 saturated carbocycles. The summed E-state index contributed by atoms with van der Waals surface area (Å²) < 4.78 is 45.9. The first-order valence-corrected chi connectivity index (χ1v) is 10.9. The highest BCUT2D eigenvalue weighted by Crippen LogP contribution is 2.42. The molecule has 0 aromatic carbocycles. The molecule has 0 spiro atoms. The number of halogens is 3. The predicted molar refractivity (Wildman–Crippen MR) is 108 cm³/mol. The number of nitrogens with zero attached hydrogens (tertiary/aromatic N) is 3. The van der Waals surface area contributed by atoms with Gasteiger partial charge < -0.3 is 9.84 Å². The highest BCUT2D eigenvalue weighted by atomic mass is 19.4. The average molecular weight is 438 g/mol. The number of aryl methyl sites for hydroxylation is 2. The van der Waals surface area contributed by atoms with Crippen molar-refractivity contribution in [1.29, 1.82) is 0 Å². The van der Waals surface area contributed by atoms with Gasteiger partial charge in [0.15, 0.2) is 11.4 Å². The van der Waals surface area contributed by atoms with E-state index in [2.05, 4.69) is 36.3 Å². The Morgan fingerprint density at radius 3 is 2.65 bits per heavy atom. The van der Waals surface area contributed by atoms with Crippen molar-refractivity contribution in [3.05, 3.63) is 34.5 Å². The van der Waals surface area contributed by atoms with Gasteiger partial charge in [0.1, 0.15) is 5.76 Å². The Hall–Kier alpha value is -2.32. The van der Waals surface area contributed by atoms with Crippen molar-refractivity contribution in [2.75, 3.05) is 6.54 Å². The summed E-state index contributed by atoms with van der Waals surface area (Å²) in [7, 11) is 0. The van der Waals surface area contributed by atoms with Crippen LogP contribution in [0.1, 0.15) is 85.6 Å². The van der Waals surface area contributed by atoms with Crippen LogP contribution in [0.5, 0.6) is 0 Å². The molecule has 1 unspecified atom stereocenters. The van der Waals surface area contributed by atoms with Crippen molar-refractivity contribution in [3.63, 3.8) is 0 Å². The molecule has 0 saturated heterocycles. The standard InChI is InChI=1S/C22H29F3N4O2/c1-21(2,3)14-7-8-17-15(11-14)19(28-31-17)20(30)26-9-4-10-29-16(13-5-6-13)12-18(27-29)22(23,24)25/h12-14H,4-11H2,1-3H3,(H,26,30). The molecular formula is C22H29F3N4O2. The second kappa shape index (κ2) is 7.98. The molecule has 2 aromatic heterocycles. The average Bonchev–Trinajstić information content (AvgIpc) is 3.28. The molecule has 1 atom stereocenters. The Balaban J connectivity index is 1.34. The fourth-order valence-electron chi connectivity index (χ4n) is 4.29. The normalized spacial score (nSPS) is 19.4. The lowest BCUT2D eigenvalue weighted by Gasteiger charge is -2.33. The molecule has 0 aliphatic heterocycles. The van der Waals surface area contributed by atoms with Crippen molar-refractivity contribution >= 4 is 5.91 Å². The van der Waals surface area contributed by atoms with E-state index < -0.39 is 11.9 Å². The molecule has 2 aliphatic rings. The summed E-state index contributed by atoms with van der Waals surface area (Å²) >= 11 is 0. The number of hydrogen-bond acceptors (Lipinski definition) is 4. The summed E-state index contributed by atoms with van der Waals surface area (Å²) in [6, 6.07) is 1.16. The zero-order chi connectivity index (χ0) is 22.4. The van der Waals surface area contributed by atoms with E-state index in [9.17, 15) is 18.0 Å². The van der Waals surface area contributed by atoms with Crippen LogP contribution in [0.2, 0.25) is 0 Å². The van der Waals surface area contributed by atoms with E-state index >= 15 is 0 Å². The number of rotatable bonds is 6. The molecule has 9 heteroatoms. The van der Waals surface area contributed by atoms with Gasteiger partial charge in [-0.1, -0.05) is 25.9 Å². The Labute approximate surface area is 179 Å². The molecule has 6 nitrogen and oxygen atoms in total. The quantitative estimate of drug-likeness (QED) is 0.662. The van der Waals surface area contributed by atoms with E-state index in [1.807, 2.05) is 0 Å². The van der Waals surface area contributed by atoms with Crippen LogP contribution >= 0.6 is 0 Å². The van der Waals surface area contributed by atoms with Gasteiger partial charge >= 0.3 is 6.18 Å². The predicted octanol–water partition coefficient (Wildman–Crippen LogP) is 4.74. The second-order valence-corrected chi connectivity index (χ2v) is 9.80. The maximum absolute atomic E-state index is 13.0. The van der Waals surface area contributed by atoms with Gasteiger partial charge in [-0.25, -0.2) is 0 Å². The van der Waals surface area contributed by atoms with Crippen LogP contribution < -0.4 is 5.32 Å². The van der Waals surface area contributed by atoms with Crippen molar-refractivity contribution in [1.82, 2.24) is 20.3 Å². The zero-order valence-corrected chi connectivity index (χ0v) is 18.2. The third-order valence-corrected chi connectivity index (χ3v) is 6.41. The van der Waals surface area contributed by atoms with Crippen LogP contribution in [0.25, 0.3) is 0 Å².